The van der Waals surface area contributed by atoms with Gasteiger partial charge in [0.2, 0.25) is 0 Å². The topological polar surface area (TPSA) is 49.9 Å². The zero-order valence-corrected chi connectivity index (χ0v) is 34.1. The summed E-state index contributed by atoms with van der Waals surface area (Å²) in [6.07, 6.45) is 0. The summed E-state index contributed by atoms with van der Waals surface area (Å²) in [5.41, 5.74) is 12.0. The van der Waals surface area contributed by atoms with Gasteiger partial charge in [-0.3, -0.25) is 0 Å². The molecule has 0 radical (unpaired) electrons. The second-order valence-electron chi connectivity index (χ2n) is 17.8. The number of ether oxygens (including phenoxy) is 4. The van der Waals surface area contributed by atoms with Crippen LogP contribution in [0.5, 0.6) is 0 Å². The van der Waals surface area contributed by atoms with Gasteiger partial charge >= 0.3 is 332 Å². The summed E-state index contributed by atoms with van der Waals surface area (Å²) in [5.74, 6) is 3.29. The van der Waals surface area contributed by atoms with Gasteiger partial charge in [0.1, 0.15) is 0 Å². The number of benzene rings is 4. The number of rotatable bonds is 2. The molecule has 12 rings (SSSR count). The molecule has 0 spiro atoms. The van der Waals surface area contributed by atoms with Crippen molar-refractivity contribution >= 4 is 8.29 Å². The summed E-state index contributed by atoms with van der Waals surface area (Å²) in [6.45, 7) is 15.8. The zero-order valence-electron chi connectivity index (χ0n) is 31.8. The summed E-state index contributed by atoms with van der Waals surface area (Å²) in [7, 11) is 0. The number of hydrogen-bond acceptors (Lipinski definition) is 8. The molecule has 4 aromatic carbocycles. The molecule has 8 aliphatic rings. The Hall–Kier alpha value is -4.81. The second-order valence-corrected chi connectivity index (χ2v) is 20.4. The van der Waals surface area contributed by atoms with E-state index in [-0.39, 0.29) is 35.0 Å². The molecule has 0 aliphatic carbocycles. The second kappa shape index (κ2) is 10.9. The number of hydrogen-bond donors (Lipinski definition) is 0. The average Bonchev–Trinajstić information content (AvgIpc) is 4.01. The van der Waals surface area contributed by atoms with Crippen molar-refractivity contribution in [3.8, 4) is 22.3 Å². The van der Waals surface area contributed by atoms with Crippen LogP contribution in [0.3, 0.4) is 0 Å². The SMILES string of the molecule is CC(C)(C)c1cccc(-c2cc3[c-]c(c2)C2COC4=C5OCC6c7[c-]c(cc(-c8cccc(C(C)(C)C)c8)c7)C7COC8=C9OCC3N9[C](=[Pt]=[C](N42)N56)N87)c1. The first-order chi connectivity index (χ1) is 26.5. The van der Waals surface area contributed by atoms with E-state index >= 15 is 0 Å². The van der Waals surface area contributed by atoms with Gasteiger partial charge in [0.15, 0.2) is 0 Å². The summed E-state index contributed by atoms with van der Waals surface area (Å²) < 4.78 is 29.3. The molecule has 0 aromatic heterocycles. The third-order valence-corrected chi connectivity index (χ3v) is 15.5. The minimum atomic E-state index is -0.817. The van der Waals surface area contributed by atoms with Gasteiger partial charge in [-0.1, -0.05) is 0 Å². The Kier molecular flexibility index (Phi) is 6.45. The maximum absolute atomic E-state index is 6.70. The van der Waals surface area contributed by atoms with Gasteiger partial charge in [0, 0.05) is 0 Å². The van der Waals surface area contributed by atoms with Gasteiger partial charge < -0.3 is 0 Å². The van der Waals surface area contributed by atoms with Gasteiger partial charge in [0.25, 0.3) is 0 Å². The first-order valence-corrected chi connectivity index (χ1v) is 21.6. The Labute approximate surface area is 330 Å². The van der Waals surface area contributed by atoms with E-state index in [2.05, 4.69) is 146 Å². The van der Waals surface area contributed by atoms with E-state index in [1.165, 1.54) is 41.7 Å². The summed E-state index contributed by atoms with van der Waals surface area (Å²) in [4.78, 5) is 9.81. The Morgan fingerprint density at radius 3 is 1.11 bits per heavy atom. The quantitative estimate of drug-likeness (QED) is 0.188. The van der Waals surface area contributed by atoms with E-state index in [4.69, 9.17) is 18.9 Å². The molecule has 8 heterocycles. The third kappa shape index (κ3) is 4.55. The van der Waals surface area contributed by atoms with Crippen LogP contribution in [-0.4, -0.2) is 54.3 Å². The fraction of sp³-hybridized carbons (Fsp3) is 0.348. The molecule has 0 saturated carbocycles. The van der Waals surface area contributed by atoms with Crippen molar-refractivity contribution in [2.24, 2.45) is 0 Å². The van der Waals surface area contributed by atoms with E-state index in [1.54, 1.807) is 0 Å². The monoisotopic (exact) mass is 909 g/mol. The van der Waals surface area contributed by atoms with Crippen molar-refractivity contribution in [3.63, 3.8) is 0 Å². The number of nitrogens with zero attached hydrogens (tertiary/aromatic N) is 4. The first kappa shape index (κ1) is 32.4. The zero-order chi connectivity index (χ0) is 37.1. The van der Waals surface area contributed by atoms with E-state index in [9.17, 15) is 0 Å². The van der Waals surface area contributed by atoms with Crippen molar-refractivity contribution < 1.29 is 36.6 Å². The van der Waals surface area contributed by atoms with Crippen LogP contribution in [0, 0.1) is 12.1 Å². The van der Waals surface area contributed by atoms with Crippen molar-refractivity contribution in [1.29, 1.82) is 0 Å². The molecule has 4 aromatic rings. The van der Waals surface area contributed by atoms with Gasteiger partial charge in [-0.15, -0.1) is 0 Å². The van der Waals surface area contributed by atoms with E-state index < -0.39 is 17.6 Å². The van der Waals surface area contributed by atoms with Crippen LogP contribution in [0.15, 0.2) is 96.3 Å². The van der Waals surface area contributed by atoms with Gasteiger partial charge in [-0.25, -0.2) is 0 Å². The van der Waals surface area contributed by atoms with Gasteiger partial charge in [-0.2, -0.15) is 0 Å². The maximum atomic E-state index is 6.70. The van der Waals surface area contributed by atoms with Gasteiger partial charge in [0.05, 0.1) is 0 Å². The summed E-state index contributed by atoms with van der Waals surface area (Å²) in [5, 5.41) is 0. The molecule has 9 heteroatoms. The molecule has 8 nitrogen and oxygen atoms in total. The fourth-order valence-electron chi connectivity index (χ4n) is 9.20. The first-order valence-electron chi connectivity index (χ1n) is 19.3. The van der Waals surface area contributed by atoms with E-state index in [1.807, 2.05) is 0 Å². The van der Waals surface area contributed by atoms with Crippen LogP contribution >= 0.6 is 0 Å². The van der Waals surface area contributed by atoms with Crippen LogP contribution in [0.25, 0.3) is 22.3 Å². The molecule has 282 valence electrons. The average molecular weight is 910 g/mol. The van der Waals surface area contributed by atoms with Crippen molar-refractivity contribution in [2.45, 2.75) is 76.5 Å². The van der Waals surface area contributed by atoms with E-state index in [0.29, 0.717) is 26.4 Å². The van der Waals surface area contributed by atoms with Crippen LogP contribution in [-0.2, 0) is 47.4 Å². The standard InChI is InChI=1S/C46H42N4O4.Pt/c1-45(2,3)35-11-7-9-27(19-35)29-13-31-17-32(14-29)38-22-52-42-44-50(26-48(38)42)40(24-54-44)34-16-30(28-10-8-12-36(20-28)46(4,5)6)15-33(18-34)39-23-53-43-41-47(25-49(39)43)37(31)21-51-41;/h7-16,19-20,37-40H,21-24H2,1-6H3;/q-2;. The van der Waals surface area contributed by atoms with Crippen molar-refractivity contribution in [2.75, 3.05) is 26.4 Å². The molecule has 55 heavy (non-hydrogen) atoms. The Balaban J connectivity index is 1.08. The predicted molar refractivity (Wildman–Crippen MR) is 205 cm³/mol. The molecule has 0 amide bonds. The predicted octanol–water partition coefficient (Wildman–Crippen LogP) is 7.97. The van der Waals surface area contributed by atoms with Crippen LogP contribution in [0.2, 0.25) is 0 Å². The Morgan fingerprint density at radius 2 is 0.800 bits per heavy atom. The Bertz CT molecular complexity index is 2270. The fourth-order valence-corrected chi connectivity index (χ4v) is 13.1. The molecular formula is C46H42N4O4Pt-2. The third-order valence-electron chi connectivity index (χ3n) is 12.3. The normalized spacial score (nSPS) is 25.3. The minimum absolute atomic E-state index is 0.0379. The molecule has 6 bridgehead atoms. The van der Waals surface area contributed by atoms with Crippen molar-refractivity contribution in [3.05, 3.63) is 142 Å². The molecular weight excluding hydrogens is 868 g/mol. The van der Waals surface area contributed by atoms with Crippen LogP contribution < -0.4 is 0 Å². The van der Waals surface area contributed by atoms with E-state index in [0.717, 1.165) is 45.8 Å². The van der Waals surface area contributed by atoms with Crippen LogP contribution in [0.4, 0.5) is 0 Å². The molecule has 4 atom stereocenters. The summed E-state index contributed by atoms with van der Waals surface area (Å²) >= 11 is -0.817. The summed E-state index contributed by atoms with van der Waals surface area (Å²) in [6, 6.07) is 35.1. The molecule has 4 unspecified atom stereocenters. The number of fused-ring (bicyclic) bond motifs is 8. The Morgan fingerprint density at radius 1 is 0.473 bits per heavy atom. The molecule has 4 saturated heterocycles. The van der Waals surface area contributed by atoms with Crippen LogP contribution in [0.1, 0.15) is 99.1 Å². The molecule has 4 fully saturated rings. The van der Waals surface area contributed by atoms with Gasteiger partial charge in [-0.05, 0) is 0 Å². The molecule has 0 N–H and O–H groups in total. The van der Waals surface area contributed by atoms with Crippen molar-refractivity contribution in [1.82, 2.24) is 19.6 Å². The molecule has 8 aliphatic heterocycles.